The van der Waals surface area contributed by atoms with E-state index in [0.29, 0.717) is 24.4 Å². The lowest BCUT2D eigenvalue weighted by atomic mass is 10.1. The summed E-state index contributed by atoms with van der Waals surface area (Å²) in [5, 5.41) is 0. The number of nitrogens with zero attached hydrogens (tertiary/aromatic N) is 1. The molecule has 1 amide bonds. The number of rotatable bonds is 5. The van der Waals surface area contributed by atoms with Crippen molar-refractivity contribution in [3.8, 4) is 10.4 Å². The third-order valence-corrected chi connectivity index (χ3v) is 8.15. The molecule has 8 heteroatoms. The van der Waals surface area contributed by atoms with Gasteiger partial charge in [-0.1, -0.05) is 12.1 Å². The van der Waals surface area contributed by atoms with Crippen LogP contribution in [0.5, 0.6) is 0 Å². The van der Waals surface area contributed by atoms with Crippen LogP contribution in [-0.2, 0) is 14.6 Å². The maximum absolute atomic E-state index is 13.3. The van der Waals surface area contributed by atoms with Gasteiger partial charge in [0.15, 0.2) is 9.84 Å². The molecule has 2 aliphatic heterocycles. The van der Waals surface area contributed by atoms with E-state index in [1.54, 1.807) is 23.1 Å². The molecule has 4 rings (SSSR count). The van der Waals surface area contributed by atoms with Crippen LogP contribution in [0, 0.1) is 5.82 Å². The third-order valence-electron chi connectivity index (χ3n) is 5.28. The number of sulfone groups is 1. The average molecular weight is 424 g/mol. The van der Waals surface area contributed by atoms with Gasteiger partial charge in [-0.3, -0.25) is 4.79 Å². The van der Waals surface area contributed by atoms with Gasteiger partial charge >= 0.3 is 0 Å². The van der Waals surface area contributed by atoms with Gasteiger partial charge in [-0.2, -0.15) is 0 Å². The topological polar surface area (TPSA) is 63.7 Å². The molecule has 0 bridgehead atoms. The second kappa shape index (κ2) is 7.93. The van der Waals surface area contributed by atoms with Crippen molar-refractivity contribution in [2.24, 2.45) is 0 Å². The van der Waals surface area contributed by atoms with Gasteiger partial charge in [0.05, 0.1) is 22.5 Å². The number of ether oxygens (including phenoxy) is 1. The van der Waals surface area contributed by atoms with Crippen LogP contribution >= 0.6 is 11.3 Å². The van der Waals surface area contributed by atoms with Gasteiger partial charge in [-0.15, -0.1) is 11.3 Å². The van der Waals surface area contributed by atoms with Gasteiger partial charge in [0, 0.05) is 24.1 Å². The lowest BCUT2D eigenvalue weighted by Gasteiger charge is -2.30. The fourth-order valence-corrected chi connectivity index (χ4v) is 6.49. The van der Waals surface area contributed by atoms with Crippen LogP contribution < -0.4 is 0 Å². The molecule has 5 nitrogen and oxygen atoms in total. The molecule has 0 saturated carbocycles. The first-order valence-corrected chi connectivity index (χ1v) is 12.0. The smallest absolute Gasteiger partial charge is 0.264 e. The molecule has 2 saturated heterocycles. The Kier molecular flexibility index (Phi) is 5.53. The van der Waals surface area contributed by atoms with E-state index >= 15 is 0 Å². The maximum atomic E-state index is 13.3. The number of hydrogen-bond acceptors (Lipinski definition) is 5. The second-order valence-electron chi connectivity index (χ2n) is 7.32. The molecule has 0 aliphatic carbocycles. The highest BCUT2D eigenvalue weighted by Crippen LogP contribution is 2.31. The van der Waals surface area contributed by atoms with Gasteiger partial charge in [-0.25, -0.2) is 12.8 Å². The van der Waals surface area contributed by atoms with Crippen LogP contribution in [-0.4, -0.2) is 56.0 Å². The monoisotopic (exact) mass is 423 g/mol. The molecular weight excluding hydrogens is 401 g/mol. The molecule has 1 aromatic carbocycles. The first kappa shape index (κ1) is 19.5. The summed E-state index contributed by atoms with van der Waals surface area (Å²) in [6.45, 7) is 1.10. The highest BCUT2D eigenvalue weighted by atomic mass is 32.2. The molecule has 0 N–H and O–H groups in total. The average Bonchev–Trinajstić information content (AvgIpc) is 3.40. The molecule has 2 atom stereocenters. The van der Waals surface area contributed by atoms with E-state index < -0.39 is 9.84 Å². The largest absolute Gasteiger partial charge is 0.376 e. The molecule has 1 aromatic heterocycles. The number of hydrogen-bond donors (Lipinski definition) is 0. The van der Waals surface area contributed by atoms with Crippen molar-refractivity contribution in [2.75, 3.05) is 24.7 Å². The minimum atomic E-state index is -3.10. The normalized spacial score (nSPS) is 23.8. The lowest BCUT2D eigenvalue weighted by Crippen LogP contribution is -2.45. The number of thiophene rings is 1. The quantitative estimate of drug-likeness (QED) is 0.740. The van der Waals surface area contributed by atoms with Gasteiger partial charge in [0.25, 0.3) is 5.91 Å². The van der Waals surface area contributed by atoms with Gasteiger partial charge in [0.2, 0.25) is 0 Å². The van der Waals surface area contributed by atoms with Gasteiger partial charge in [-0.05, 0) is 49.1 Å². The fraction of sp³-hybridized carbons (Fsp3) is 0.450. The van der Waals surface area contributed by atoms with Crippen molar-refractivity contribution in [3.05, 3.63) is 47.1 Å². The van der Waals surface area contributed by atoms with E-state index in [0.717, 1.165) is 23.3 Å². The van der Waals surface area contributed by atoms with Crippen molar-refractivity contribution >= 4 is 27.1 Å². The van der Waals surface area contributed by atoms with E-state index in [1.807, 2.05) is 6.07 Å². The Labute approximate surface area is 168 Å². The number of halogens is 1. The molecule has 150 valence electrons. The third kappa shape index (κ3) is 4.29. The van der Waals surface area contributed by atoms with Crippen molar-refractivity contribution in [2.45, 2.75) is 31.4 Å². The summed E-state index contributed by atoms with van der Waals surface area (Å²) in [5.41, 5.74) is 0.847. The van der Waals surface area contributed by atoms with E-state index in [4.69, 9.17) is 4.74 Å². The molecule has 0 spiro atoms. The van der Waals surface area contributed by atoms with E-state index in [2.05, 4.69) is 0 Å². The van der Waals surface area contributed by atoms with Crippen LogP contribution in [0.15, 0.2) is 36.4 Å². The van der Waals surface area contributed by atoms with Crippen LogP contribution in [0.4, 0.5) is 4.39 Å². The van der Waals surface area contributed by atoms with Crippen molar-refractivity contribution in [3.63, 3.8) is 0 Å². The Morgan fingerprint density at radius 1 is 1.18 bits per heavy atom. The molecule has 0 unspecified atom stereocenters. The van der Waals surface area contributed by atoms with E-state index in [9.17, 15) is 17.6 Å². The van der Waals surface area contributed by atoms with Gasteiger partial charge < -0.3 is 9.64 Å². The summed E-state index contributed by atoms with van der Waals surface area (Å²) in [7, 11) is -3.10. The fourth-order valence-electron chi connectivity index (χ4n) is 3.79. The Hall–Kier alpha value is -1.77. The van der Waals surface area contributed by atoms with Crippen LogP contribution in [0.3, 0.4) is 0 Å². The SMILES string of the molecule is O=C(c1ccc(-c2ccc(F)cc2)s1)N(C[C@H]1CCCO1)[C@H]1CCS(=O)(=O)C1. The molecule has 0 radical (unpaired) electrons. The minimum absolute atomic E-state index is 0.0155. The zero-order chi connectivity index (χ0) is 19.7. The van der Waals surface area contributed by atoms with E-state index in [-0.39, 0.29) is 35.4 Å². The standard InChI is InChI=1S/C20H22FNO4S2/c21-15-5-3-14(4-6-15)18-7-8-19(27-18)20(23)22(12-17-2-1-10-26-17)16-9-11-28(24,25)13-16/h3-8,16-17H,1-2,9-13H2/t16-,17+/m0/s1. The Morgan fingerprint density at radius 2 is 1.96 bits per heavy atom. The van der Waals surface area contributed by atoms with Crippen LogP contribution in [0.2, 0.25) is 0 Å². The highest BCUT2D eigenvalue weighted by Gasteiger charge is 2.37. The molecule has 3 heterocycles. The Morgan fingerprint density at radius 3 is 2.61 bits per heavy atom. The molecular formula is C20H22FNO4S2. The zero-order valence-electron chi connectivity index (χ0n) is 15.3. The Balaban J connectivity index is 1.57. The first-order valence-electron chi connectivity index (χ1n) is 9.40. The predicted molar refractivity (Wildman–Crippen MR) is 107 cm³/mol. The lowest BCUT2D eigenvalue weighted by molar-refractivity contribution is 0.0445. The summed E-state index contributed by atoms with van der Waals surface area (Å²) in [6.07, 6.45) is 2.28. The Bertz CT molecular complexity index is 949. The number of carbonyl (C=O) groups is 1. The maximum Gasteiger partial charge on any atom is 0.264 e. The second-order valence-corrected chi connectivity index (χ2v) is 10.6. The molecule has 2 aromatic rings. The summed E-state index contributed by atoms with van der Waals surface area (Å²) in [5.74, 6) is -0.322. The molecule has 2 fully saturated rings. The number of benzene rings is 1. The highest BCUT2D eigenvalue weighted by molar-refractivity contribution is 7.91. The summed E-state index contributed by atoms with van der Waals surface area (Å²) in [4.78, 5) is 16.4. The predicted octanol–water partition coefficient (Wildman–Crippen LogP) is 3.36. The van der Waals surface area contributed by atoms with Crippen molar-refractivity contribution < 1.29 is 22.3 Å². The summed E-state index contributed by atoms with van der Waals surface area (Å²) >= 11 is 1.34. The van der Waals surface area contributed by atoms with Crippen molar-refractivity contribution in [1.29, 1.82) is 0 Å². The zero-order valence-corrected chi connectivity index (χ0v) is 17.0. The van der Waals surface area contributed by atoms with E-state index in [1.165, 1.54) is 23.5 Å². The van der Waals surface area contributed by atoms with Crippen LogP contribution in [0.1, 0.15) is 28.9 Å². The van der Waals surface area contributed by atoms with Crippen molar-refractivity contribution in [1.82, 2.24) is 4.90 Å². The van der Waals surface area contributed by atoms with Gasteiger partial charge in [0.1, 0.15) is 5.82 Å². The summed E-state index contributed by atoms with van der Waals surface area (Å²) in [6, 6.07) is 9.45. The summed E-state index contributed by atoms with van der Waals surface area (Å²) < 4.78 is 42.8. The number of carbonyl (C=O) groups excluding carboxylic acids is 1. The first-order chi connectivity index (χ1) is 13.4. The minimum Gasteiger partial charge on any atom is -0.376 e. The number of amides is 1. The van der Waals surface area contributed by atoms with Crippen LogP contribution in [0.25, 0.3) is 10.4 Å². The molecule has 2 aliphatic rings. The molecule has 28 heavy (non-hydrogen) atoms.